The van der Waals surface area contributed by atoms with Crippen LogP contribution >= 0.6 is 0 Å². The van der Waals surface area contributed by atoms with Gasteiger partial charge in [0.2, 0.25) is 5.91 Å². The van der Waals surface area contributed by atoms with Gasteiger partial charge in [0.15, 0.2) is 0 Å². The minimum absolute atomic E-state index is 0.0690. The molecule has 0 heterocycles. The number of hydrogen-bond acceptors (Lipinski definition) is 2. The number of benzene rings is 2. The predicted octanol–water partition coefficient (Wildman–Crippen LogP) is 6.89. The zero-order valence-electron chi connectivity index (χ0n) is 19.4. The summed E-state index contributed by atoms with van der Waals surface area (Å²) in [7, 11) is 0. The second kappa shape index (κ2) is 16.4. The summed E-state index contributed by atoms with van der Waals surface area (Å²) in [4.78, 5) is 12.1. The molecule has 1 amide bonds. The van der Waals surface area contributed by atoms with E-state index in [2.05, 4.69) is 24.4 Å². The molecule has 0 unspecified atom stereocenters. The number of carbonyl (C=O) groups is 1. The van der Waals surface area contributed by atoms with Crippen LogP contribution in [0.25, 0.3) is 0 Å². The van der Waals surface area contributed by atoms with Crippen LogP contribution in [-0.2, 0) is 17.6 Å². The van der Waals surface area contributed by atoms with Crippen LogP contribution in [0.15, 0.2) is 54.6 Å². The molecular weight excluding hydrogens is 382 g/mol. The molecule has 31 heavy (non-hydrogen) atoms. The number of ether oxygens (including phenoxy) is 1. The summed E-state index contributed by atoms with van der Waals surface area (Å²) in [6.45, 7) is 3.70. The SMILES string of the molecule is CCCCCCCCCCCCOc1cccc(CCNC(=O)Cc2ccccc2)c1. The highest BCUT2D eigenvalue weighted by atomic mass is 16.5. The predicted molar refractivity (Wildman–Crippen MR) is 131 cm³/mol. The van der Waals surface area contributed by atoms with E-state index in [9.17, 15) is 4.79 Å². The van der Waals surface area contributed by atoms with E-state index in [0.29, 0.717) is 13.0 Å². The summed E-state index contributed by atoms with van der Waals surface area (Å²) in [6.07, 6.45) is 14.6. The summed E-state index contributed by atoms with van der Waals surface area (Å²) < 4.78 is 5.94. The fraction of sp³-hybridized carbons (Fsp3) is 0.536. The van der Waals surface area contributed by atoms with Gasteiger partial charge in [-0.2, -0.15) is 0 Å². The minimum atomic E-state index is 0.0690. The lowest BCUT2D eigenvalue weighted by Crippen LogP contribution is -2.27. The summed E-state index contributed by atoms with van der Waals surface area (Å²) in [5, 5.41) is 3.01. The van der Waals surface area contributed by atoms with Gasteiger partial charge >= 0.3 is 0 Å². The minimum Gasteiger partial charge on any atom is -0.494 e. The molecule has 0 aliphatic carbocycles. The lowest BCUT2D eigenvalue weighted by molar-refractivity contribution is -0.120. The Bertz CT molecular complexity index is 714. The molecule has 3 heteroatoms. The van der Waals surface area contributed by atoms with Crippen molar-refractivity contribution in [2.45, 2.75) is 84.0 Å². The quantitative estimate of drug-likeness (QED) is 0.281. The molecule has 0 bridgehead atoms. The van der Waals surface area contributed by atoms with Crippen molar-refractivity contribution in [2.24, 2.45) is 0 Å². The molecule has 0 atom stereocenters. The Morgan fingerprint density at radius 1 is 0.774 bits per heavy atom. The van der Waals surface area contributed by atoms with Crippen molar-refractivity contribution in [3.8, 4) is 5.75 Å². The summed E-state index contributed by atoms with van der Waals surface area (Å²) >= 11 is 0. The monoisotopic (exact) mass is 423 g/mol. The van der Waals surface area contributed by atoms with Gasteiger partial charge < -0.3 is 10.1 Å². The lowest BCUT2D eigenvalue weighted by Gasteiger charge is -2.09. The summed E-state index contributed by atoms with van der Waals surface area (Å²) in [6, 6.07) is 18.1. The first-order valence-corrected chi connectivity index (χ1v) is 12.3. The second-order valence-electron chi connectivity index (χ2n) is 8.44. The Morgan fingerprint density at radius 2 is 1.42 bits per heavy atom. The molecular formula is C28H41NO2. The van der Waals surface area contributed by atoms with Crippen molar-refractivity contribution in [1.82, 2.24) is 5.32 Å². The third-order valence-corrected chi connectivity index (χ3v) is 5.61. The van der Waals surface area contributed by atoms with Crippen LogP contribution in [0, 0.1) is 0 Å². The molecule has 170 valence electrons. The Balaban J connectivity index is 1.52. The zero-order chi connectivity index (χ0) is 22.0. The Labute approximate surface area is 189 Å². The normalized spacial score (nSPS) is 10.7. The first-order chi connectivity index (χ1) is 15.3. The summed E-state index contributed by atoms with van der Waals surface area (Å²) in [5.74, 6) is 1.00. The molecule has 0 aliphatic rings. The van der Waals surface area contributed by atoms with Crippen molar-refractivity contribution < 1.29 is 9.53 Å². The molecule has 0 saturated carbocycles. The van der Waals surface area contributed by atoms with Gasteiger partial charge in [0.05, 0.1) is 13.0 Å². The van der Waals surface area contributed by atoms with E-state index >= 15 is 0 Å². The average molecular weight is 424 g/mol. The van der Waals surface area contributed by atoms with E-state index in [0.717, 1.165) is 30.8 Å². The number of amides is 1. The van der Waals surface area contributed by atoms with Gasteiger partial charge in [0, 0.05) is 6.54 Å². The van der Waals surface area contributed by atoms with Gasteiger partial charge in [-0.05, 0) is 36.1 Å². The van der Waals surface area contributed by atoms with Crippen molar-refractivity contribution in [1.29, 1.82) is 0 Å². The molecule has 0 fully saturated rings. The molecule has 0 spiro atoms. The number of hydrogen-bond donors (Lipinski definition) is 1. The lowest BCUT2D eigenvalue weighted by atomic mass is 10.1. The molecule has 2 aromatic carbocycles. The van der Waals surface area contributed by atoms with Crippen molar-refractivity contribution in [3.05, 3.63) is 65.7 Å². The van der Waals surface area contributed by atoms with Crippen LogP contribution in [0.3, 0.4) is 0 Å². The first-order valence-electron chi connectivity index (χ1n) is 12.3. The third-order valence-electron chi connectivity index (χ3n) is 5.61. The maximum Gasteiger partial charge on any atom is 0.224 e. The average Bonchev–Trinajstić information content (AvgIpc) is 2.78. The highest BCUT2D eigenvalue weighted by Crippen LogP contribution is 2.15. The third kappa shape index (κ3) is 12.2. The number of rotatable bonds is 17. The summed E-state index contributed by atoms with van der Waals surface area (Å²) in [5.41, 5.74) is 2.24. The molecule has 2 rings (SSSR count). The topological polar surface area (TPSA) is 38.3 Å². The molecule has 0 aromatic heterocycles. The van der Waals surface area contributed by atoms with Gasteiger partial charge in [-0.1, -0.05) is 107 Å². The molecule has 3 nitrogen and oxygen atoms in total. The second-order valence-corrected chi connectivity index (χ2v) is 8.44. The maximum atomic E-state index is 12.1. The fourth-order valence-corrected chi connectivity index (χ4v) is 3.76. The smallest absolute Gasteiger partial charge is 0.224 e. The van der Waals surface area contributed by atoms with Crippen molar-refractivity contribution >= 4 is 5.91 Å². The number of unbranched alkanes of at least 4 members (excludes halogenated alkanes) is 9. The largest absolute Gasteiger partial charge is 0.494 e. The van der Waals surface area contributed by atoms with Gasteiger partial charge in [-0.3, -0.25) is 4.79 Å². The van der Waals surface area contributed by atoms with Crippen LogP contribution in [0.2, 0.25) is 0 Å². The van der Waals surface area contributed by atoms with Crippen LogP contribution in [-0.4, -0.2) is 19.1 Å². The Morgan fingerprint density at radius 3 is 2.13 bits per heavy atom. The van der Waals surface area contributed by atoms with Crippen LogP contribution in [0.1, 0.15) is 82.3 Å². The molecule has 0 saturated heterocycles. The van der Waals surface area contributed by atoms with Crippen molar-refractivity contribution in [2.75, 3.05) is 13.2 Å². The highest BCUT2D eigenvalue weighted by Gasteiger charge is 2.03. The first kappa shape index (κ1) is 25.0. The van der Waals surface area contributed by atoms with Gasteiger partial charge in [0.25, 0.3) is 0 Å². The van der Waals surface area contributed by atoms with E-state index < -0.39 is 0 Å². The molecule has 1 N–H and O–H groups in total. The van der Waals surface area contributed by atoms with Gasteiger partial charge in [0.1, 0.15) is 5.75 Å². The van der Waals surface area contributed by atoms with Crippen LogP contribution in [0.5, 0.6) is 5.75 Å². The van der Waals surface area contributed by atoms with Crippen LogP contribution in [0.4, 0.5) is 0 Å². The maximum absolute atomic E-state index is 12.1. The molecule has 0 radical (unpaired) electrons. The zero-order valence-corrected chi connectivity index (χ0v) is 19.4. The Kier molecular flexibility index (Phi) is 13.2. The number of nitrogens with one attached hydrogen (secondary N) is 1. The van der Waals surface area contributed by atoms with Gasteiger partial charge in [-0.25, -0.2) is 0 Å². The standard InChI is InChI=1S/C28H41NO2/c1-2-3-4-5-6-7-8-9-10-14-22-31-27-19-15-18-26(23-27)20-21-29-28(30)24-25-16-12-11-13-17-25/h11-13,15-19,23H,2-10,14,20-22,24H2,1H3,(H,29,30). The highest BCUT2D eigenvalue weighted by molar-refractivity contribution is 5.78. The van der Waals surface area contributed by atoms with Gasteiger partial charge in [-0.15, -0.1) is 0 Å². The fourth-order valence-electron chi connectivity index (χ4n) is 3.76. The van der Waals surface area contributed by atoms with Crippen molar-refractivity contribution in [3.63, 3.8) is 0 Å². The molecule has 0 aliphatic heterocycles. The van der Waals surface area contributed by atoms with E-state index in [-0.39, 0.29) is 5.91 Å². The van der Waals surface area contributed by atoms with E-state index in [1.165, 1.54) is 63.4 Å². The molecule has 2 aromatic rings. The van der Waals surface area contributed by atoms with E-state index in [4.69, 9.17) is 4.74 Å². The van der Waals surface area contributed by atoms with E-state index in [1.54, 1.807) is 0 Å². The van der Waals surface area contributed by atoms with E-state index in [1.807, 2.05) is 42.5 Å². The Hall–Kier alpha value is -2.29. The van der Waals surface area contributed by atoms with Crippen LogP contribution < -0.4 is 10.1 Å². The number of carbonyl (C=O) groups excluding carboxylic acids is 1.